The van der Waals surface area contributed by atoms with E-state index in [4.69, 9.17) is 0 Å². The number of pyridine rings is 1. The molecule has 0 bridgehead atoms. The van der Waals surface area contributed by atoms with E-state index >= 15 is 0 Å². The summed E-state index contributed by atoms with van der Waals surface area (Å²) >= 11 is 0. The molecule has 0 radical (unpaired) electrons. The molecule has 6 nitrogen and oxygen atoms in total. The molecule has 0 aromatic carbocycles. The minimum atomic E-state index is -0.379. The maximum absolute atomic E-state index is 11.0. The Hall–Kier alpha value is -1.85. The molecule has 1 aliphatic rings. The van der Waals surface area contributed by atoms with Crippen LogP contribution in [-0.2, 0) is 0 Å². The largest absolute Gasteiger partial charge is 0.370 e. The molecule has 1 saturated carbocycles. The average Bonchev–Trinajstić information content (AvgIpc) is 2.45. The monoisotopic (exact) mass is 292 g/mol. The van der Waals surface area contributed by atoms with Crippen LogP contribution in [0.1, 0.15) is 39.5 Å². The highest BCUT2D eigenvalue weighted by molar-refractivity contribution is 5.54. The minimum absolute atomic E-state index is 0.0699. The summed E-state index contributed by atoms with van der Waals surface area (Å²) in [5.41, 5.74) is 0.0699. The normalized spacial score (nSPS) is 21.8. The third-order valence-electron chi connectivity index (χ3n) is 4.00. The van der Waals surface area contributed by atoms with E-state index in [2.05, 4.69) is 22.5 Å². The molecule has 2 unspecified atom stereocenters. The van der Waals surface area contributed by atoms with E-state index in [0.717, 1.165) is 12.5 Å². The lowest BCUT2D eigenvalue weighted by atomic mass is 9.82. The van der Waals surface area contributed by atoms with Crippen LogP contribution in [0.15, 0.2) is 12.1 Å². The zero-order valence-corrected chi connectivity index (χ0v) is 12.8. The van der Waals surface area contributed by atoms with Crippen LogP contribution in [0.3, 0.4) is 0 Å². The fourth-order valence-electron chi connectivity index (χ4n) is 2.98. The van der Waals surface area contributed by atoms with Crippen LogP contribution in [0.4, 0.5) is 17.3 Å². The summed E-state index contributed by atoms with van der Waals surface area (Å²) < 4.78 is 0. The van der Waals surface area contributed by atoms with Crippen molar-refractivity contribution in [3.63, 3.8) is 0 Å². The number of anilines is 2. The Morgan fingerprint density at radius 2 is 2.05 bits per heavy atom. The van der Waals surface area contributed by atoms with Crippen molar-refractivity contribution in [2.75, 3.05) is 23.7 Å². The van der Waals surface area contributed by atoms with Gasteiger partial charge in [0.1, 0.15) is 11.6 Å². The molecule has 2 N–H and O–H groups in total. The van der Waals surface area contributed by atoms with Crippen molar-refractivity contribution in [3.05, 3.63) is 22.2 Å². The molecular formula is C15H24N4O2. The SMILES string of the molecule is CCNc1cc([N+](=O)[O-])cc(NCC2CCCC(C)C2)n1. The topological polar surface area (TPSA) is 80.1 Å². The number of hydrogen-bond donors (Lipinski definition) is 2. The predicted octanol–water partition coefficient (Wildman–Crippen LogP) is 3.66. The van der Waals surface area contributed by atoms with Crippen molar-refractivity contribution in [3.8, 4) is 0 Å². The molecule has 1 aliphatic carbocycles. The molecule has 6 heteroatoms. The summed E-state index contributed by atoms with van der Waals surface area (Å²) in [5, 5.41) is 17.3. The molecule has 2 atom stereocenters. The Labute approximate surface area is 125 Å². The molecule has 21 heavy (non-hydrogen) atoms. The van der Waals surface area contributed by atoms with Gasteiger partial charge in [0.2, 0.25) is 0 Å². The first-order valence-electron chi connectivity index (χ1n) is 7.72. The zero-order valence-electron chi connectivity index (χ0n) is 12.8. The lowest BCUT2D eigenvalue weighted by molar-refractivity contribution is -0.384. The van der Waals surface area contributed by atoms with Gasteiger partial charge in [0, 0.05) is 13.1 Å². The number of nitro groups is 1. The summed E-state index contributed by atoms with van der Waals surface area (Å²) in [6, 6.07) is 2.98. The highest BCUT2D eigenvalue weighted by atomic mass is 16.6. The van der Waals surface area contributed by atoms with Gasteiger partial charge in [-0.05, 0) is 31.6 Å². The first-order chi connectivity index (χ1) is 10.1. The highest BCUT2D eigenvalue weighted by Crippen LogP contribution is 2.29. The van der Waals surface area contributed by atoms with Crippen molar-refractivity contribution < 1.29 is 4.92 Å². The van der Waals surface area contributed by atoms with Gasteiger partial charge in [-0.2, -0.15) is 0 Å². The summed E-state index contributed by atoms with van der Waals surface area (Å²) in [6.45, 7) is 5.76. The van der Waals surface area contributed by atoms with Gasteiger partial charge in [-0.3, -0.25) is 10.1 Å². The van der Waals surface area contributed by atoms with E-state index in [1.54, 1.807) is 0 Å². The van der Waals surface area contributed by atoms with Gasteiger partial charge in [0.05, 0.1) is 17.1 Å². The predicted molar refractivity (Wildman–Crippen MR) is 84.7 cm³/mol. The first kappa shape index (κ1) is 15.5. The molecule has 0 saturated heterocycles. The van der Waals surface area contributed by atoms with Crippen LogP contribution in [0.2, 0.25) is 0 Å². The minimum Gasteiger partial charge on any atom is -0.370 e. The molecule has 1 aromatic rings. The summed E-state index contributed by atoms with van der Waals surface area (Å²) in [5.74, 6) is 2.54. The number of aromatic nitrogens is 1. The Morgan fingerprint density at radius 3 is 2.67 bits per heavy atom. The fraction of sp³-hybridized carbons (Fsp3) is 0.667. The van der Waals surface area contributed by atoms with E-state index in [-0.39, 0.29) is 10.6 Å². The van der Waals surface area contributed by atoms with Crippen LogP contribution < -0.4 is 10.6 Å². The first-order valence-corrected chi connectivity index (χ1v) is 7.72. The molecule has 0 aliphatic heterocycles. The standard InChI is InChI=1S/C15H24N4O2/c1-3-16-14-8-13(19(20)21)9-15(18-14)17-10-12-6-4-5-11(2)7-12/h8-9,11-12H,3-7,10H2,1-2H3,(H2,16,17,18). The van der Waals surface area contributed by atoms with E-state index in [1.165, 1.54) is 37.8 Å². The number of nitrogens with zero attached hydrogens (tertiary/aromatic N) is 2. The van der Waals surface area contributed by atoms with Gasteiger partial charge >= 0.3 is 0 Å². The van der Waals surface area contributed by atoms with Gasteiger partial charge in [-0.15, -0.1) is 0 Å². The van der Waals surface area contributed by atoms with Crippen LogP contribution in [0, 0.1) is 22.0 Å². The van der Waals surface area contributed by atoms with Crippen LogP contribution in [0.5, 0.6) is 0 Å². The van der Waals surface area contributed by atoms with Crippen molar-refractivity contribution in [2.24, 2.45) is 11.8 Å². The van der Waals surface area contributed by atoms with Crippen molar-refractivity contribution in [1.29, 1.82) is 0 Å². The second kappa shape index (κ2) is 7.24. The lowest BCUT2D eigenvalue weighted by Gasteiger charge is -2.26. The quantitative estimate of drug-likeness (QED) is 0.618. The van der Waals surface area contributed by atoms with E-state index < -0.39 is 0 Å². The van der Waals surface area contributed by atoms with Gasteiger partial charge in [-0.25, -0.2) is 4.98 Å². The number of hydrogen-bond acceptors (Lipinski definition) is 5. The fourth-order valence-corrected chi connectivity index (χ4v) is 2.98. The molecule has 2 rings (SSSR count). The maximum atomic E-state index is 11.0. The molecule has 1 heterocycles. The lowest BCUT2D eigenvalue weighted by Crippen LogP contribution is -2.21. The van der Waals surface area contributed by atoms with Crippen molar-refractivity contribution in [1.82, 2.24) is 4.98 Å². The Bertz CT molecular complexity index is 493. The van der Waals surface area contributed by atoms with Crippen molar-refractivity contribution in [2.45, 2.75) is 39.5 Å². The number of rotatable bonds is 6. The maximum Gasteiger partial charge on any atom is 0.276 e. The van der Waals surface area contributed by atoms with Crippen molar-refractivity contribution >= 4 is 17.3 Å². The second-order valence-corrected chi connectivity index (χ2v) is 5.90. The van der Waals surface area contributed by atoms with E-state index in [0.29, 0.717) is 24.1 Å². The van der Waals surface area contributed by atoms with Gasteiger partial charge < -0.3 is 10.6 Å². The summed E-state index contributed by atoms with van der Waals surface area (Å²) in [7, 11) is 0. The molecule has 1 fully saturated rings. The van der Waals surface area contributed by atoms with Crippen LogP contribution in [-0.4, -0.2) is 23.0 Å². The molecule has 1 aromatic heterocycles. The number of nitrogens with one attached hydrogen (secondary N) is 2. The molecule has 0 spiro atoms. The Kier molecular flexibility index (Phi) is 5.36. The van der Waals surface area contributed by atoms with Gasteiger partial charge in [0.25, 0.3) is 5.69 Å². The summed E-state index contributed by atoms with van der Waals surface area (Å²) in [6.07, 6.45) is 5.04. The average molecular weight is 292 g/mol. The Morgan fingerprint density at radius 1 is 1.33 bits per heavy atom. The Balaban J connectivity index is 2.02. The highest BCUT2D eigenvalue weighted by Gasteiger charge is 2.19. The van der Waals surface area contributed by atoms with E-state index in [1.807, 2.05) is 6.92 Å². The molecule has 0 amide bonds. The smallest absolute Gasteiger partial charge is 0.276 e. The third kappa shape index (κ3) is 4.58. The second-order valence-electron chi connectivity index (χ2n) is 5.90. The summed E-state index contributed by atoms with van der Waals surface area (Å²) in [4.78, 5) is 15.0. The third-order valence-corrected chi connectivity index (χ3v) is 4.00. The van der Waals surface area contributed by atoms with E-state index in [9.17, 15) is 10.1 Å². The van der Waals surface area contributed by atoms with Gasteiger partial charge in [-0.1, -0.05) is 19.8 Å². The molecule has 116 valence electrons. The molecular weight excluding hydrogens is 268 g/mol. The van der Waals surface area contributed by atoms with Gasteiger partial charge in [0.15, 0.2) is 0 Å². The zero-order chi connectivity index (χ0) is 15.2. The van der Waals surface area contributed by atoms with Crippen LogP contribution in [0.25, 0.3) is 0 Å². The van der Waals surface area contributed by atoms with Crippen LogP contribution >= 0.6 is 0 Å².